The van der Waals surface area contributed by atoms with Crippen LogP contribution in [0.1, 0.15) is 60.4 Å². The fourth-order valence-electron chi connectivity index (χ4n) is 5.69. The largest absolute Gasteiger partial charge is 0.419 e. The van der Waals surface area contributed by atoms with Crippen molar-refractivity contribution >= 4 is 5.82 Å². The molecule has 184 valence electrons. The number of aryl methyl sites for hydroxylation is 1. The molecule has 5 rings (SSSR count). The van der Waals surface area contributed by atoms with Crippen LogP contribution in [-0.2, 0) is 23.0 Å². The molecule has 2 saturated heterocycles. The van der Waals surface area contributed by atoms with Crippen molar-refractivity contribution in [3.63, 3.8) is 0 Å². The van der Waals surface area contributed by atoms with Crippen LogP contribution in [0.3, 0.4) is 0 Å². The van der Waals surface area contributed by atoms with Gasteiger partial charge >= 0.3 is 6.18 Å². The second kappa shape index (κ2) is 8.73. The quantitative estimate of drug-likeness (QED) is 0.638. The van der Waals surface area contributed by atoms with Crippen molar-refractivity contribution in [3.05, 3.63) is 52.2 Å². The average Bonchev–Trinajstić information content (AvgIpc) is 3.40. The highest BCUT2D eigenvalue weighted by molar-refractivity contribution is 5.53. The molecule has 0 saturated carbocycles. The van der Waals surface area contributed by atoms with E-state index < -0.39 is 23.6 Å². The zero-order valence-electron chi connectivity index (χ0n) is 19.3. The molecular formula is C24H29F4N5O. The Morgan fingerprint density at radius 3 is 2.68 bits per heavy atom. The third-order valence-electron chi connectivity index (χ3n) is 7.36. The van der Waals surface area contributed by atoms with Crippen molar-refractivity contribution in [1.82, 2.24) is 20.2 Å². The van der Waals surface area contributed by atoms with E-state index >= 15 is 0 Å². The molecule has 2 fully saturated rings. The maximum absolute atomic E-state index is 14.8. The molecule has 0 aliphatic carbocycles. The summed E-state index contributed by atoms with van der Waals surface area (Å²) in [5, 5.41) is 6.71. The van der Waals surface area contributed by atoms with Crippen LogP contribution in [0.5, 0.6) is 0 Å². The Hall–Kier alpha value is -2.30. The lowest BCUT2D eigenvalue weighted by atomic mass is 9.91. The lowest BCUT2D eigenvalue weighted by Crippen LogP contribution is -2.50. The Balaban J connectivity index is 1.50. The van der Waals surface area contributed by atoms with Gasteiger partial charge in [-0.2, -0.15) is 13.2 Å². The number of benzene rings is 1. The van der Waals surface area contributed by atoms with Gasteiger partial charge in [0.25, 0.3) is 0 Å². The average molecular weight is 480 g/mol. The third-order valence-corrected chi connectivity index (χ3v) is 7.36. The summed E-state index contributed by atoms with van der Waals surface area (Å²) >= 11 is 0. The number of hydrogen-bond acceptors (Lipinski definition) is 6. The first-order valence-corrected chi connectivity index (χ1v) is 11.8. The number of fused-ring (bicyclic) bond motifs is 2. The van der Waals surface area contributed by atoms with E-state index in [2.05, 4.69) is 20.5 Å². The van der Waals surface area contributed by atoms with E-state index in [1.165, 1.54) is 12.1 Å². The van der Waals surface area contributed by atoms with Crippen LogP contribution >= 0.6 is 0 Å². The molecule has 4 heterocycles. The first-order valence-electron chi connectivity index (χ1n) is 11.8. The van der Waals surface area contributed by atoms with Gasteiger partial charge in [-0.25, -0.2) is 14.4 Å². The summed E-state index contributed by atoms with van der Waals surface area (Å²) in [5.74, 6) is -0.108. The zero-order valence-corrected chi connectivity index (χ0v) is 19.3. The first kappa shape index (κ1) is 23.4. The van der Waals surface area contributed by atoms with E-state index in [0.29, 0.717) is 24.2 Å². The van der Waals surface area contributed by atoms with Gasteiger partial charge in [0, 0.05) is 43.5 Å². The zero-order chi connectivity index (χ0) is 24.1. The molecule has 0 bridgehead atoms. The van der Waals surface area contributed by atoms with Crippen molar-refractivity contribution in [3.8, 4) is 0 Å². The molecule has 0 amide bonds. The minimum atomic E-state index is -4.75. The molecule has 1 aromatic carbocycles. The van der Waals surface area contributed by atoms with Gasteiger partial charge < -0.3 is 15.4 Å². The molecule has 6 nitrogen and oxygen atoms in total. The van der Waals surface area contributed by atoms with Gasteiger partial charge in [0.1, 0.15) is 17.5 Å². The minimum absolute atomic E-state index is 0.0450. The van der Waals surface area contributed by atoms with Crippen molar-refractivity contribution in [1.29, 1.82) is 0 Å². The summed E-state index contributed by atoms with van der Waals surface area (Å²) in [5.41, 5.74) is 0.364. The third kappa shape index (κ3) is 3.95. The van der Waals surface area contributed by atoms with Crippen molar-refractivity contribution in [2.24, 2.45) is 0 Å². The highest BCUT2D eigenvalue weighted by atomic mass is 19.4. The Morgan fingerprint density at radius 1 is 1.24 bits per heavy atom. The second-order valence-electron chi connectivity index (χ2n) is 9.45. The number of ether oxygens (including phenoxy) is 1. The summed E-state index contributed by atoms with van der Waals surface area (Å²) in [6, 6.07) is 3.03. The molecule has 2 atom stereocenters. The van der Waals surface area contributed by atoms with Gasteiger partial charge in [-0.1, -0.05) is 12.1 Å². The summed E-state index contributed by atoms with van der Waals surface area (Å²) in [6.45, 7) is 7.23. The fourth-order valence-corrected chi connectivity index (χ4v) is 5.69. The standard InChI is InChI=1S/C24H29F4N5O/c1-14(17-4-3-5-19(20(17)25)24(26,27)28)30-22-18-12-33(16-6-10-34-11-7-16)23(8-9-29-13-23)21(18)31-15(2)32-22/h3-5,14,16,29H,6-13H2,1-2H3,(H,30,31,32)/t14-,23?/m1/s1. The molecule has 2 N–H and O–H groups in total. The molecule has 34 heavy (non-hydrogen) atoms. The molecule has 0 radical (unpaired) electrons. The van der Waals surface area contributed by atoms with E-state index in [4.69, 9.17) is 9.72 Å². The number of nitrogens with zero attached hydrogens (tertiary/aromatic N) is 3. The van der Waals surface area contributed by atoms with Crippen LogP contribution in [0.2, 0.25) is 0 Å². The SMILES string of the molecule is Cc1nc(N[C@H](C)c2cccc(C(F)(F)F)c2F)c2c(n1)C1(CCNC1)N(C1CCOCC1)C2. The van der Waals surface area contributed by atoms with Gasteiger partial charge in [-0.05, 0) is 45.7 Å². The Morgan fingerprint density at radius 2 is 2.00 bits per heavy atom. The number of alkyl halides is 3. The van der Waals surface area contributed by atoms with Crippen LogP contribution in [0.25, 0.3) is 0 Å². The molecular weight excluding hydrogens is 450 g/mol. The van der Waals surface area contributed by atoms with E-state index in [1.807, 2.05) is 6.92 Å². The molecule has 2 aromatic rings. The summed E-state index contributed by atoms with van der Waals surface area (Å²) in [6.07, 6.45) is -1.95. The number of halogens is 4. The first-order chi connectivity index (χ1) is 16.2. The van der Waals surface area contributed by atoms with Crippen LogP contribution < -0.4 is 10.6 Å². The van der Waals surface area contributed by atoms with E-state index in [-0.39, 0.29) is 11.1 Å². The van der Waals surface area contributed by atoms with Crippen LogP contribution in [-0.4, -0.2) is 47.2 Å². The van der Waals surface area contributed by atoms with Crippen molar-refractivity contribution in [2.75, 3.05) is 31.6 Å². The van der Waals surface area contributed by atoms with E-state index in [1.54, 1.807) is 6.92 Å². The van der Waals surface area contributed by atoms with Crippen LogP contribution in [0.15, 0.2) is 18.2 Å². The van der Waals surface area contributed by atoms with Gasteiger partial charge in [0.15, 0.2) is 0 Å². The Kier molecular flexibility index (Phi) is 6.02. The van der Waals surface area contributed by atoms with Gasteiger partial charge in [-0.3, -0.25) is 4.90 Å². The summed E-state index contributed by atoms with van der Waals surface area (Å²) in [7, 11) is 0. The predicted octanol–water partition coefficient (Wildman–Crippen LogP) is 4.30. The highest BCUT2D eigenvalue weighted by Crippen LogP contribution is 2.47. The van der Waals surface area contributed by atoms with Crippen LogP contribution in [0.4, 0.5) is 23.4 Å². The highest BCUT2D eigenvalue weighted by Gasteiger charge is 2.52. The topological polar surface area (TPSA) is 62.3 Å². The van der Waals surface area contributed by atoms with Gasteiger partial charge in [0.2, 0.25) is 0 Å². The molecule has 1 aromatic heterocycles. The summed E-state index contributed by atoms with van der Waals surface area (Å²) in [4.78, 5) is 12.0. The van der Waals surface area contributed by atoms with Gasteiger partial charge in [-0.15, -0.1) is 0 Å². The number of nitrogens with one attached hydrogen (secondary N) is 2. The maximum atomic E-state index is 14.8. The van der Waals surface area contributed by atoms with E-state index in [0.717, 1.165) is 62.9 Å². The Labute approximate surface area is 196 Å². The molecule has 1 spiro atoms. The van der Waals surface area contributed by atoms with E-state index in [9.17, 15) is 17.6 Å². The molecule has 3 aliphatic rings. The van der Waals surface area contributed by atoms with Crippen LogP contribution in [0, 0.1) is 12.7 Å². The Bertz CT molecular complexity index is 1060. The number of anilines is 1. The minimum Gasteiger partial charge on any atom is -0.381 e. The normalized spacial score (nSPS) is 24.5. The summed E-state index contributed by atoms with van der Waals surface area (Å²) < 4.78 is 60.1. The molecule has 10 heteroatoms. The number of aromatic nitrogens is 2. The molecule has 1 unspecified atom stereocenters. The fraction of sp³-hybridized carbons (Fsp3) is 0.583. The smallest absolute Gasteiger partial charge is 0.381 e. The monoisotopic (exact) mass is 479 g/mol. The lowest BCUT2D eigenvalue weighted by Gasteiger charge is -2.41. The second-order valence-corrected chi connectivity index (χ2v) is 9.45. The number of hydrogen-bond donors (Lipinski definition) is 2. The van der Waals surface area contributed by atoms with Crippen molar-refractivity contribution < 1.29 is 22.3 Å². The predicted molar refractivity (Wildman–Crippen MR) is 119 cm³/mol. The van der Waals surface area contributed by atoms with Gasteiger partial charge in [0.05, 0.1) is 22.8 Å². The lowest BCUT2D eigenvalue weighted by molar-refractivity contribution is -0.140. The number of rotatable bonds is 4. The molecule has 3 aliphatic heterocycles. The maximum Gasteiger partial charge on any atom is 0.419 e. The van der Waals surface area contributed by atoms with Crippen molar-refractivity contribution in [2.45, 2.75) is 63.5 Å².